The SMILES string of the molecule is Cc1ccc(Cl)cc1NC(=O)C[C@@H]1NC(=O)c2ccccc2NC1=O. The van der Waals surface area contributed by atoms with Crippen molar-refractivity contribution in [3.8, 4) is 0 Å². The van der Waals surface area contributed by atoms with Crippen LogP contribution in [-0.2, 0) is 9.59 Å². The van der Waals surface area contributed by atoms with Gasteiger partial charge in [-0.15, -0.1) is 0 Å². The lowest BCUT2D eigenvalue weighted by molar-refractivity contribution is -0.122. The largest absolute Gasteiger partial charge is 0.340 e. The molecule has 0 spiro atoms. The zero-order chi connectivity index (χ0) is 18.0. The van der Waals surface area contributed by atoms with Gasteiger partial charge in [-0.2, -0.15) is 0 Å². The van der Waals surface area contributed by atoms with Gasteiger partial charge in [0.25, 0.3) is 5.91 Å². The Hall–Kier alpha value is -2.86. The van der Waals surface area contributed by atoms with Gasteiger partial charge in [0.1, 0.15) is 6.04 Å². The number of amides is 3. The van der Waals surface area contributed by atoms with E-state index in [1.807, 2.05) is 6.92 Å². The summed E-state index contributed by atoms with van der Waals surface area (Å²) in [7, 11) is 0. The van der Waals surface area contributed by atoms with E-state index in [1.165, 1.54) is 0 Å². The molecular weight excluding hydrogens is 342 g/mol. The molecule has 3 amide bonds. The summed E-state index contributed by atoms with van der Waals surface area (Å²) in [5, 5.41) is 8.48. The molecule has 0 aromatic heterocycles. The van der Waals surface area contributed by atoms with Crippen LogP contribution in [0.25, 0.3) is 0 Å². The molecule has 0 fully saturated rings. The van der Waals surface area contributed by atoms with Gasteiger partial charge < -0.3 is 16.0 Å². The van der Waals surface area contributed by atoms with Crippen molar-refractivity contribution < 1.29 is 14.4 Å². The third kappa shape index (κ3) is 3.80. The molecule has 1 heterocycles. The molecule has 3 rings (SSSR count). The number of para-hydroxylation sites is 1. The maximum absolute atomic E-state index is 12.3. The summed E-state index contributed by atoms with van der Waals surface area (Å²) in [6.45, 7) is 1.84. The summed E-state index contributed by atoms with van der Waals surface area (Å²) >= 11 is 5.94. The van der Waals surface area contributed by atoms with Crippen molar-refractivity contribution in [2.24, 2.45) is 0 Å². The smallest absolute Gasteiger partial charge is 0.254 e. The number of anilines is 2. The second-order valence-electron chi connectivity index (χ2n) is 5.77. The normalized spacial score (nSPS) is 16.3. The van der Waals surface area contributed by atoms with Gasteiger partial charge in [0, 0.05) is 10.7 Å². The number of nitrogens with one attached hydrogen (secondary N) is 3. The summed E-state index contributed by atoms with van der Waals surface area (Å²) in [6, 6.07) is 10.9. The van der Waals surface area contributed by atoms with Crippen LogP contribution >= 0.6 is 11.6 Å². The van der Waals surface area contributed by atoms with Crippen molar-refractivity contribution in [3.63, 3.8) is 0 Å². The number of carbonyl (C=O) groups is 3. The summed E-state index contributed by atoms with van der Waals surface area (Å²) in [4.78, 5) is 36.8. The van der Waals surface area contributed by atoms with Gasteiger partial charge in [0.2, 0.25) is 11.8 Å². The predicted molar refractivity (Wildman–Crippen MR) is 95.8 cm³/mol. The number of rotatable bonds is 3. The highest BCUT2D eigenvalue weighted by atomic mass is 35.5. The minimum Gasteiger partial charge on any atom is -0.340 e. The Morgan fingerprint density at radius 3 is 2.76 bits per heavy atom. The van der Waals surface area contributed by atoms with E-state index in [-0.39, 0.29) is 6.42 Å². The third-order valence-electron chi connectivity index (χ3n) is 3.91. The van der Waals surface area contributed by atoms with Crippen LogP contribution in [0, 0.1) is 6.92 Å². The van der Waals surface area contributed by atoms with Gasteiger partial charge >= 0.3 is 0 Å². The van der Waals surface area contributed by atoms with Crippen molar-refractivity contribution >= 4 is 40.7 Å². The Labute approximate surface area is 149 Å². The van der Waals surface area contributed by atoms with E-state index in [1.54, 1.807) is 42.5 Å². The molecule has 1 aliphatic heterocycles. The molecule has 128 valence electrons. The molecule has 7 heteroatoms. The number of hydrogen-bond donors (Lipinski definition) is 3. The highest BCUT2D eigenvalue weighted by molar-refractivity contribution is 6.31. The number of fused-ring (bicyclic) bond motifs is 1. The molecule has 6 nitrogen and oxygen atoms in total. The van der Waals surface area contributed by atoms with Crippen molar-refractivity contribution in [1.82, 2.24) is 5.32 Å². The van der Waals surface area contributed by atoms with Gasteiger partial charge in [-0.1, -0.05) is 29.8 Å². The highest BCUT2D eigenvalue weighted by Crippen LogP contribution is 2.21. The fourth-order valence-electron chi connectivity index (χ4n) is 2.57. The average Bonchev–Trinajstić information content (AvgIpc) is 2.68. The Morgan fingerprint density at radius 1 is 1.20 bits per heavy atom. The average molecular weight is 358 g/mol. The monoisotopic (exact) mass is 357 g/mol. The fourth-order valence-corrected chi connectivity index (χ4v) is 2.74. The first-order valence-electron chi connectivity index (χ1n) is 7.71. The Bertz CT molecular complexity index is 866. The lowest BCUT2D eigenvalue weighted by atomic mass is 10.1. The summed E-state index contributed by atoms with van der Waals surface area (Å²) in [6.07, 6.45) is -0.183. The van der Waals surface area contributed by atoms with E-state index >= 15 is 0 Å². The van der Waals surface area contributed by atoms with Gasteiger partial charge in [-0.3, -0.25) is 14.4 Å². The number of benzene rings is 2. The minimum absolute atomic E-state index is 0.183. The molecule has 2 aromatic rings. The zero-order valence-electron chi connectivity index (χ0n) is 13.4. The predicted octanol–water partition coefficient (Wildman–Crippen LogP) is 2.73. The molecule has 0 radical (unpaired) electrons. The van der Waals surface area contributed by atoms with Crippen LogP contribution in [0.1, 0.15) is 22.3 Å². The van der Waals surface area contributed by atoms with Gasteiger partial charge in [0.05, 0.1) is 17.7 Å². The second kappa shape index (κ2) is 6.94. The zero-order valence-corrected chi connectivity index (χ0v) is 14.2. The Kier molecular flexibility index (Phi) is 4.72. The highest BCUT2D eigenvalue weighted by Gasteiger charge is 2.29. The molecule has 3 N–H and O–H groups in total. The van der Waals surface area contributed by atoms with Crippen LogP contribution in [0.4, 0.5) is 11.4 Å². The molecule has 0 saturated heterocycles. The van der Waals surface area contributed by atoms with Crippen molar-refractivity contribution in [2.45, 2.75) is 19.4 Å². The lowest BCUT2D eigenvalue weighted by Gasteiger charge is -2.15. The Balaban J connectivity index is 1.72. The number of hydrogen-bond acceptors (Lipinski definition) is 3. The van der Waals surface area contributed by atoms with Crippen LogP contribution in [0.2, 0.25) is 5.02 Å². The van der Waals surface area contributed by atoms with Crippen LogP contribution in [0.5, 0.6) is 0 Å². The molecular formula is C18H16ClN3O3. The van der Waals surface area contributed by atoms with Crippen molar-refractivity contribution in [3.05, 3.63) is 58.6 Å². The van der Waals surface area contributed by atoms with E-state index in [2.05, 4.69) is 16.0 Å². The standard InChI is InChI=1S/C18H16ClN3O3/c1-10-6-7-11(19)8-14(10)20-16(23)9-15-18(25)21-13-5-3-2-4-12(13)17(24)22-15/h2-8,15H,9H2,1H3,(H,20,23)(H,21,25)(H,22,24)/t15-/m0/s1. The van der Waals surface area contributed by atoms with Gasteiger partial charge in [-0.05, 0) is 36.8 Å². The first-order valence-corrected chi connectivity index (χ1v) is 8.08. The number of carbonyl (C=O) groups excluding carboxylic acids is 3. The van der Waals surface area contributed by atoms with Gasteiger partial charge in [0.15, 0.2) is 0 Å². The topological polar surface area (TPSA) is 87.3 Å². The van der Waals surface area contributed by atoms with E-state index in [4.69, 9.17) is 11.6 Å². The van der Waals surface area contributed by atoms with Crippen LogP contribution < -0.4 is 16.0 Å². The molecule has 25 heavy (non-hydrogen) atoms. The van der Waals surface area contributed by atoms with Crippen molar-refractivity contribution in [2.75, 3.05) is 10.6 Å². The van der Waals surface area contributed by atoms with Crippen LogP contribution in [0.3, 0.4) is 0 Å². The fraction of sp³-hybridized carbons (Fsp3) is 0.167. The number of halogens is 1. The first-order chi connectivity index (χ1) is 11.9. The molecule has 1 atom stereocenters. The molecule has 0 saturated carbocycles. The maximum Gasteiger partial charge on any atom is 0.254 e. The van der Waals surface area contributed by atoms with Crippen LogP contribution in [0.15, 0.2) is 42.5 Å². The quantitative estimate of drug-likeness (QED) is 0.789. The lowest BCUT2D eigenvalue weighted by Crippen LogP contribution is -2.43. The molecule has 0 aliphatic carbocycles. The minimum atomic E-state index is -0.959. The second-order valence-corrected chi connectivity index (χ2v) is 6.21. The van der Waals surface area contributed by atoms with Crippen molar-refractivity contribution in [1.29, 1.82) is 0 Å². The molecule has 1 aliphatic rings. The Morgan fingerprint density at radius 2 is 1.96 bits per heavy atom. The third-order valence-corrected chi connectivity index (χ3v) is 4.15. The van der Waals surface area contributed by atoms with E-state index in [0.29, 0.717) is 22.0 Å². The number of aryl methyl sites for hydroxylation is 1. The van der Waals surface area contributed by atoms with E-state index < -0.39 is 23.8 Å². The van der Waals surface area contributed by atoms with E-state index in [9.17, 15) is 14.4 Å². The van der Waals surface area contributed by atoms with Gasteiger partial charge in [-0.25, -0.2) is 0 Å². The summed E-state index contributed by atoms with van der Waals surface area (Å²) < 4.78 is 0. The molecule has 2 aromatic carbocycles. The van der Waals surface area contributed by atoms with Crippen LogP contribution in [-0.4, -0.2) is 23.8 Å². The first kappa shape index (κ1) is 17.0. The maximum atomic E-state index is 12.3. The molecule has 0 unspecified atom stereocenters. The van der Waals surface area contributed by atoms with E-state index in [0.717, 1.165) is 5.56 Å². The molecule has 0 bridgehead atoms. The summed E-state index contributed by atoms with van der Waals surface area (Å²) in [5.74, 6) is -1.22. The summed E-state index contributed by atoms with van der Waals surface area (Å²) in [5.41, 5.74) is 2.21.